The first kappa shape index (κ1) is 15.8. The van der Waals surface area contributed by atoms with Crippen LogP contribution in [0.5, 0.6) is 5.75 Å². The average molecular weight is 293 g/mol. The van der Waals surface area contributed by atoms with Crippen LogP contribution in [0.4, 0.5) is 0 Å². The molecule has 0 radical (unpaired) electrons. The van der Waals surface area contributed by atoms with Gasteiger partial charge in [0.1, 0.15) is 12.4 Å². The minimum absolute atomic E-state index is 0.282. The Morgan fingerprint density at radius 1 is 1.48 bits per heavy atom. The molecule has 1 heterocycles. The number of ether oxygens (including phenoxy) is 2. The molecule has 6 nitrogen and oxygen atoms in total. The number of nitrogens with zero attached hydrogens (tertiary/aromatic N) is 1. The summed E-state index contributed by atoms with van der Waals surface area (Å²) in [5.74, 6) is 5.51. The Morgan fingerprint density at radius 3 is 2.76 bits per heavy atom. The molecule has 1 fully saturated rings. The lowest BCUT2D eigenvalue weighted by atomic mass is 10.1. The number of amides is 1. The predicted octanol–water partition coefficient (Wildman–Crippen LogP) is 0.778. The maximum absolute atomic E-state index is 11.3. The van der Waals surface area contributed by atoms with Gasteiger partial charge in [0.05, 0.1) is 6.10 Å². The quantitative estimate of drug-likeness (QED) is 0.460. The van der Waals surface area contributed by atoms with E-state index in [0.29, 0.717) is 18.2 Å². The van der Waals surface area contributed by atoms with E-state index in [4.69, 9.17) is 15.3 Å². The van der Waals surface area contributed by atoms with E-state index in [1.165, 1.54) is 0 Å². The topological polar surface area (TPSA) is 76.8 Å². The summed E-state index contributed by atoms with van der Waals surface area (Å²) in [5, 5.41) is 0. The molecule has 1 amide bonds. The van der Waals surface area contributed by atoms with Gasteiger partial charge >= 0.3 is 0 Å². The number of hydrogen-bond donors (Lipinski definition) is 2. The second kappa shape index (κ2) is 7.40. The van der Waals surface area contributed by atoms with Crippen molar-refractivity contribution in [3.8, 4) is 5.75 Å². The second-order valence-corrected chi connectivity index (χ2v) is 5.26. The van der Waals surface area contributed by atoms with Gasteiger partial charge in [-0.25, -0.2) is 5.84 Å². The summed E-state index contributed by atoms with van der Waals surface area (Å²) >= 11 is 0. The van der Waals surface area contributed by atoms with Crippen molar-refractivity contribution in [1.82, 2.24) is 10.3 Å². The SMILES string of the molecule is CC1OCCC1N(C)CCOc1ccc(C(=O)NN)cc1. The molecule has 1 aliphatic heterocycles. The van der Waals surface area contributed by atoms with Crippen molar-refractivity contribution in [3.63, 3.8) is 0 Å². The van der Waals surface area contributed by atoms with Crippen molar-refractivity contribution in [2.75, 3.05) is 26.8 Å². The molecule has 1 aromatic rings. The van der Waals surface area contributed by atoms with Gasteiger partial charge in [0.15, 0.2) is 0 Å². The predicted molar refractivity (Wildman–Crippen MR) is 80.0 cm³/mol. The Labute approximate surface area is 125 Å². The zero-order chi connectivity index (χ0) is 15.2. The number of nitrogens with two attached hydrogens (primary N) is 1. The molecule has 0 aliphatic carbocycles. The van der Waals surface area contributed by atoms with E-state index in [-0.39, 0.29) is 12.0 Å². The Hall–Kier alpha value is -1.63. The third kappa shape index (κ3) is 4.17. The van der Waals surface area contributed by atoms with E-state index in [0.717, 1.165) is 25.3 Å². The molecular formula is C15H23N3O3. The lowest BCUT2D eigenvalue weighted by Gasteiger charge is -2.26. The van der Waals surface area contributed by atoms with E-state index >= 15 is 0 Å². The number of nitrogens with one attached hydrogen (secondary N) is 1. The maximum atomic E-state index is 11.3. The van der Waals surface area contributed by atoms with Crippen LogP contribution in [-0.2, 0) is 4.74 Å². The van der Waals surface area contributed by atoms with Gasteiger partial charge in [0.25, 0.3) is 5.91 Å². The van der Waals surface area contributed by atoms with Gasteiger partial charge in [-0.3, -0.25) is 15.1 Å². The van der Waals surface area contributed by atoms with Crippen LogP contribution < -0.4 is 16.0 Å². The highest BCUT2D eigenvalue weighted by molar-refractivity contribution is 5.93. The summed E-state index contributed by atoms with van der Waals surface area (Å²) in [6.45, 7) is 4.38. The molecule has 21 heavy (non-hydrogen) atoms. The van der Waals surface area contributed by atoms with Crippen LogP contribution in [0.25, 0.3) is 0 Å². The highest BCUT2D eigenvalue weighted by Crippen LogP contribution is 2.18. The lowest BCUT2D eigenvalue weighted by Crippen LogP contribution is -2.39. The molecule has 116 valence electrons. The summed E-state index contributed by atoms with van der Waals surface area (Å²) in [6, 6.07) is 7.38. The fourth-order valence-corrected chi connectivity index (χ4v) is 2.56. The standard InChI is InChI=1S/C15H23N3O3/c1-11-14(7-9-20-11)18(2)8-10-21-13-5-3-12(4-6-13)15(19)17-16/h3-6,11,14H,7-10,16H2,1-2H3,(H,17,19). The smallest absolute Gasteiger partial charge is 0.265 e. The molecule has 1 saturated heterocycles. The van der Waals surface area contributed by atoms with Crippen LogP contribution in [0.1, 0.15) is 23.7 Å². The van der Waals surface area contributed by atoms with E-state index < -0.39 is 0 Å². The van der Waals surface area contributed by atoms with E-state index in [1.54, 1.807) is 24.3 Å². The highest BCUT2D eigenvalue weighted by Gasteiger charge is 2.27. The zero-order valence-corrected chi connectivity index (χ0v) is 12.5. The Bertz CT molecular complexity index is 464. The van der Waals surface area contributed by atoms with Gasteiger partial charge < -0.3 is 9.47 Å². The first-order valence-electron chi connectivity index (χ1n) is 7.17. The van der Waals surface area contributed by atoms with Gasteiger partial charge in [-0.1, -0.05) is 0 Å². The molecule has 0 saturated carbocycles. The molecule has 6 heteroatoms. The van der Waals surface area contributed by atoms with Gasteiger partial charge in [0, 0.05) is 24.8 Å². The van der Waals surface area contributed by atoms with E-state index in [9.17, 15) is 4.79 Å². The number of benzene rings is 1. The summed E-state index contributed by atoms with van der Waals surface area (Å²) in [7, 11) is 2.09. The second-order valence-electron chi connectivity index (χ2n) is 5.26. The number of likely N-dealkylation sites (N-methyl/N-ethyl adjacent to an activating group) is 1. The molecule has 1 aliphatic rings. The molecule has 2 atom stereocenters. The first-order valence-corrected chi connectivity index (χ1v) is 7.17. The third-order valence-electron chi connectivity index (χ3n) is 3.86. The number of nitrogen functional groups attached to an aromatic ring is 1. The number of hydrogen-bond acceptors (Lipinski definition) is 5. The van der Waals surface area contributed by atoms with Crippen molar-refractivity contribution in [2.45, 2.75) is 25.5 Å². The Morgan fingerprint density at radius 2 is 2.19 bits per heavy atom. The van der Waals surface area contributed by atoms with Gasteiger partial charge in [-0.05, 0) is 44.7 Å². The lowest BCUT2D eigenvalue weighted by molar-refractivity contribution is 0.0787. The maximum Gasteiger partial charge on any atom is 0.265 e. The number of rotatable bonds is 6. The van der Waals surface area contributed by atoms with Crippen molar-refractivity contribution in [3.05, 3.63) is 29.8 Å². The van der Waals surface area contributed by atoms with Crippen molar-refractivity contribution < 1.29 is 14.3 Å². The molecule has 0 spiro atoms. The minimum atomic E-state index is -0.309. The molecule has 0 bridgehead atoms. The van der Waals surface area contributed by atoms with Crippen molar-refractivity contribution in [1.29, 1.82) is 0 Å². The monoisotopic (exact) mass is 293 g/mol. The van der Waals surface area contributed by atoms with Crippen LogP contribution >= 0.6 is 0 Å². The fourth-order valence-electron chi connectivity index (χ4n) is 2.56. The van der Waals surface area contributed by atoms with Crippen LogP contribution in [-0.4, -0.2) is 49.8 Å². The van der Waals surface area contributed by atoms with Gasteiger partial charge in [0.2, 0.25) is 0 Å². The largest absolute Gasteiger partial charge is 0.492 e. The van der Waals surface area contributed by atoms with Crippen molar-refractivity contribution in [2.24, 2.45) is 5.84 Å². The van der Waals surface area contributed by atoms with Crippen LogP contribution in [0.2, 0.25) is 0 Å². The van der Waals surface area contributed by atoms with Crippen molar-refractivity contribution >= 4 is 5.91 Å². The summed E-state index contributed by atoms with van der Waals surface area (Å²) in [6.07, 6.45) is 1.35. The molecule has 1 aromatic carbocycles. The minimum Gasteiger partial charge on any atom is -0.492 e. The average Bonchev–Trinajstić information content (AvgIpc) is 2.93. The van der Waals surface area contributed by atoms with Gasteiger partial charge in [-0.2, -0.15) is 0 Å². The highest BCUT2D eigenvalue weighted by atomic mass is 16.5. The third-order valence-corrected chi connectivity index (χ3v) is 3.86. The fraction of sp³-hybridized carbons (Fsp3) is 0.533. The van der Waals surface area contributed by atoms with E-state index in [1.807, 2.05) is 0 Å². The Balaban J connectivity index is 1.76. The summed E-state index contributed by atoms with van der Waals surface area (Å²) in [4.78, 5) is 13.6. The molecule has 3 N–H and O–H groups in total. The number of carbonyl (C=O) groups excluding carboxylic acids is 1. The molecule has 2 rings (SSSR count). The molecular weight excluding hydrogens is 270 g/mol. The first-order chi connectivity index (χ1) is 10.1. The normalized spacial score (nSPS) is 21.5. The summed E-state index contributed by atoms with van der Waals surface area (Å²) in [5.41, 5.74) is 2.61. The van der Waals surface area contributed by atoms with Crippen LogP contribution in [0, 0.1) is 0 Å². The summed E-state index contributed by atoms with van der Waals surface area (Å²) < 4.78 is 11.3. The molecule has 0 aromatic heterocycles. The zero-order valence-electron chi connectivity index (χ0n) is 12.5. The van der Waals surface area contributed by atoms with Crippen LogP contribution in [0.15, 0.2) is 24.3 Å². The van der Waals surface area contributed by atoms with Gasteiger partial charge in [-0.15, -0.1) is 0 Å². The number of carbonyl (C=O) groups is 1. The Kier molecular flexibility index (Phi) is 5.55. The number of hydrazine groups is 1. The molecule has 2 unspecified atom stereocenters. The van der Waals surface area contributed by atoms with Crippen LogP contribution in [0.3, 0.4) is 0 Å². The van der Waals surface area contributed by atoms with E-state index in [2.05, 4.69) is 24.3 Å².